The first-order chi connectivity index (χ1) is 7.11. The summed E-state index contributed by atoms with van der Waals surface area (Å²) in [5.41, 5.74) is 1.69. The van der Waals surface area contributed by atoms with Gasteiger partial charge in [0.25, 0.3) is 0 Å². The van der Waals surface area contributed by atoms with Crippen LogP contribution in [0.1, 0.15) is 19.5 Å². The van der Waals surface area contributed by atoms with E-state index in [1.165, 1.54) is 0 Å². The molecule has 1 N–H and O–H groups in total. The lowest BCUT2D eigenvalue weighted by molar-refractivity contribution is 0.158. The van der Waals surface area contributed by atoms with Crippen LogP contribution in [-0.4, -0.2) is 26.3 Å². The van der Waals surface area contributed by atoms with E-state index in [1.807, 2.05) is 32.2 Å². The summed E-state index contributed by atoms with van der Waals surface area (Å²) in [4.78, 5) is 4.20. The first kappa shape index (κ1) is 10.1. The zero-order valence-electron chi connectivity index (χ0n) is 9.01. The van der Waals surface area contributed by atoms with Crippen LogP contribution >= 0.6 is 0 Å². The van der Waals surface area contributed by atoms with Gasteiger partial charge in [0.2, 0.25) is 0 Å². The van der Waals surface area contributed by atoms with Crippen LogP contribution < -0.4 is 0 Å². The number of fused-ring (bicyclic) bond motifs is 1. The monoisotopic (exact) mass is 205 g/mol. The van der Waals surface area contributed by atoms with E-state index in [2.05, 4.69) is 10.1 Å². The van der Waals surface area contributed by atoms with Crippen LogP contribution in [0.4, 0.5) is 0 Å². The zero-order valence-corrected chi connectivity index (χ0v) is 9.01. The molecule has 0 spiro atoms. The summed E-state index contributed by atoms with van der Waals surface area (Å²) in [5.74, 6) is 0. The molecule has 4 nitrogen and oxygen atoms in total. The molecule has 2 aromatic heterocycles. The summed E-state index contributed by atoms with van der Waals surface area (Å²) in [6, 6.07) is 3.80. The van der Waals surface area contributed by atoms with Crippen molar-refractivity contribution in [2.45, 2.75) is 20.3 Å². The van der Waals surface area contributed by atoms with Gasteiger partial charge in [0.15, 0.2) is 5.65 Å². The van der Waals surface area contributed by atoms with Crippen molar-refractivity contribution >= 4 is 5.65 Å². The molecule has 0 bridgehead atoms. The molecular formula is C11H15N3O. The van der Waals surface area contributed by atoms with Crippen molar-refractivity contribution in [3.63, 3.8) is 0 Å². The quantitative estimate of drug-likeness (QED) is 0.821. The Kier molecular flexibility index (Phi) is 2.44. The van der Waals surface area contributed by atoms with Crippen LogP contribution in [-0.2, 0) is 6.42 Å². The summed E-state index contributed by atoms with van der Waals surface area (Å²) < 4.78 is 1.75. The average molecular weight is 205 g/mol. The average Bonchev–Trinajstić information content (AvgIpc) is 2.58. The number of aliphatic hydroxyl groups excluding tert-OH is 1. The number of rotatable bonds is 3. The third-order valence-electron chi connectivity index (χ3n) is 2.37. The van der Waals surface area contributed by atoms with Crippen LogP contribution in [0.25, 0.3) is 5.65 Å². The Labute approximate surface area is 88.6 Å². The van der Waals surface area contributed by atoms with Crippen LogP contribution in [0.2, 0.25) is 0 Å². The Morgan fingerprint density at radius 3 is 2.93 bits per heavy atom. The molecule has 0 aliphatic carbocycles. The van der Waals surface area contributed by atoms with Crippen molar-refractivity contribution in [1.82, 2.24) is 14.6 Å². The molecule has 0 saturated carbocycles. The van der Waals surface area contributed by atoms with E-state index in [-0.39, 0.29) is 12.0 Å². The van der Waals surface area contributed by atoms with Crippen molar-refractivity contribution in [3.8, 4) is 0 Å². The molecule has 0 aliphatic heterocycles. The normalized spacial score (nSPS) is 12.2. The molecule has 80 valence electrons. The number of nitrogens with zero attached hydrogens (tertiary/aromatic N) is 3. The fourth-order valence-electron chi connectivity index (χ4n) is 1.51. The van der Waals surface area contributed by atoms with E-state index in [0.717, 1.165) is 17.8 Å². The van der Waals surface area contributed by atoms with Crippen molar-refractivity contribution in [1.29, 1.82) is 0 Å². The second-order valence-electron chi connectivity index (χ2n) is 4.56. The highest BCUT2D eigenvalue weighted by molar-refractivity contribution is 5.38. The number of aliphatic hydroxyl groups is 1. The number of hydrogen-bond acceptors (Lipinski definition) is 3. The standard InChI is InChI=1S/C11H15N3O/c1-11(2,8-15)7-9-6-10-12-4-3-5-14(10)13-9/h3-6,15H,7-8H2,1-2H3. The second kappa shape index (κ2) is 3.62. The van der Waals surface area contributed by atoms with E-state index in [9.17, 15) is 5.11 Å². The van der Waals surface area contributed by atoms with Crippen molar-refractivity contribution in [2.24, 2.45) is 5.41 Å². The number of hydrogen-bond donors (Lipinski definition) is 1. The summed E-state index contributed by atoms with van der Waals surface area (Å²) in [7, 11) is 0. The Balaban J connectivity index is 2.30. The SMILES string of the molecule is CC(C)(CO)Cc1cc2ncccn2n1. The number of aromatic nitrogens is 3. The Morgan fingerprint density at radius 1 is 1.47 bits per heavy atom. The maximum Gasteiger partial charge on any atom is 0.155 e. The molecule has 0 amide bonds. The molecule has 0 fully saturated rings. The maximum absolute atomic E-state index is 9.18. The fourth-order valence-corrected chi connectivity index (χ4v) is 1.51. The van der Waals surface area contributed by atoms with E-state index >= 15 is 0 Å². The van der Waals surface area contributed by atoms with Crippen LogP contribution in [0.3, 0.4) is 0 Å². The Bertz CT molecular complexity index is 429. The summed E-state index contributed by atoms with van der Waals surface area (Å²) in [6.45, 7) is 4.20. The molecule has 2 rings (SSSR count). The van der Waals surface area contributed by atoms with E-state index in [0.29, 0.717) is 0 Å². The van der Waals surface area contributed by atoms with Gasteiger partial charge in [-0.25, -0.2) is 9.50 Å². The van der Waals surface area contributed by atoms with Crippen molar-refractivity contribution in [2.75, 3.05) is 6.61 Å². The van der Waals surface area contributed by atoms with Gasteiger partial charge >= 0.3 is 0 Å². The third kappa shape index (κ3) is 2.15. The van der Waals surface area contributed by atoms with Gasteiger partial charge in [-0.2, -0.15) is 5.10 Å². The largest absolute Gasteiger partial charge is 0.396 e. The molecule has 2 heterocycles. The minimum atomic E-state index is -0.127. The minimum absolute atomic E-state index is 0.127. The van der Waals surface area contributed by atoms with Gasteiger partial charge in [0.1, 0.15) is 0 Å². The Morgan fingerprint density at radius 2 is 2.27 bits per heavy atom. The van der Waals surface area contributed by atoms with Gasteiger partial charge in [-0.1, -0.05) is 13.8 Å². The maximum atomic E-state index is 9.18. The van der Waals surface area contributed by atoms with Gasteiger partial charge in [-0.3, -0.25) is 0 Å². The highest BCUT2D eigenvalue weighted by Crippen LogP contribution is 2.20. The van der Waals surface area contributed by atoms with E-state index in [4.69, 9.17) is 0 Å². The molecule has 0 aliphatic rings. The summed E-state index contributed by atoms with van der Waals surface area (Å²) >= 11 is 0. The lowest BCUT2D eigenvalue weighted by atomic mass is 9.89. The highest BCUT2D eigenvalue weighted by Gasteiger charge is 2.19. The predicted molar refractivity (Wildman–Crippen MR) is 57.6 cm³/mol. The lowest BCUT2D eigenvalue weighted by Crippen LogP contribution is -2.19. The van der Waals surface area contributed by atoms with Gasteiger partial charge in [0, 0.05) is 25.1 Å². The Hall–Kier alpha value is -1.42. The second-order valence-corrected chi connectivity index (χ2v) is 4.56. The third-order valence-corrected chi connectivity index (χ3v) is 2.37. The molecular weight excluding hydrogens is 190 g/mol. The molecule has 15 heavy (non-hydrogen) atoms. The first-order valence-electron chi connectivity index (χ1n) is 5.01. The molecule has 0 saturated heterocycles. The first-order valence-corrected chi connectivity index (χ1v) is 5.01. The van der Waals surface area contributed by atoms with Crippen molar-refractivity contribution in [3.05, 3.63) is 30.2 Å². The molecule has 0 unspecified atom stereocenters. The highest BCUT2D eigenvalue weighted by atomic mass is 16.3. The van der Waals surface area contributed by atoms with E-state index in [1.54, 1.807) is 10.7 Å². The predicted octanol–water partition coefficient (Wildman–Crippen LogP) is 1.29. The topological polar surface area (TPSA) is 50.4 Å². The molecule has 0 atom stereocenters. The van der Waals surface area contributed by atoms with Gasteiger partial charge in [-0.15, -0.1) is 0 Å². The molecule has 4 heteroatoms. The fraction of sp³-hybridized carbons (Fsp3) is 0.455. The smallest absolute Gasteiger partial charge is 0.155 e. The minimum Gasteiger partial charge on any atom is -0.396 e. The van der Waals surface area contributed by atoms with Gasteiger partial charge in [0.05, 0.1) is 5.69 Å². The van der Waals surface area contributed by atoms with E-state index < -0.39 is 0 Å². The summed E-state index contributed by atoms with van der Waals surface area (Å²) in [5, 5.41) is 13.6. The molecule has 2 aromatic rings. The zero-order chi connectivity index (χ0) is 10.9. The van der Waals surface area contributed by atoms with Crippen LogP contribution in [0, 0.1) is 5.41 Å². The van der Waals surface area contributed by atoms with Gasteiger partial charge < -0.3 is 5.11 Å². The van der Waals surface area contributed by atoms with Crippen LogP contribution in [0.15, 0.2) is 24.5 Å². The van der Waals surface area contributed by atoms with Crippen molar-refractivity contribution < 1.29 is 5.11 Å². The lowest BCUT2D eigenvalue weighted by Gasteiger charge is -2.19. The molecule has 0 radical (unpaired) electrons. The van der Waals surface area contributed by atoms with Crippen LogP contribution in [0.5, 0.6) is 0 Å². The summed E-state index contributed by atoms with van der Waals surface area (Å²) in [6.07, 6.45) is 4.38. The molecule has 0 aromatic carbocycles. The van der Waals surface area contributed by atoms with Gasteiger partial charge in [-0.05, 0) is 17.9 Å².